The molecule has 1 heterocycles. The lowest BCUT2D eigenvalue weighted by Gasteiger charge is -2.22. The second-order valence-corrected chi connectivity index (χ2v) is 3.08. The van der Waals surface area contributed by atoms with Crippen LogP contribution in [0, 0.1) is 18.3 Å². The van der Waals surface area contributed by atoms with Gasteiger partial charge in [-0.2, -0.15) is 13.2 Å². The molecule has 0 fully saturated rings. The highest BCUT2D eigenvalue weighted by atomic mass is 19.4. The fourth-order valence-electron chi connectivity index (χ4n) is 1.07. The summed E-state index contributed by atoms with van der Waals surface area (Å²) in [7, 11) is 0. The zero-order valence-electron chi connectivity index (χ0n) is 7.60. The Morgan fingerprint density at radius 1 is 1.57 bits per heavy atom. The van der Waals surface area contributed by atoms with Crippen LogP contribution in [0.4, 0.5) is 13.2 Å². The molecule has 1 unspecified atom stereocenters. The van der Waals surface area contributed by atoms with E-state index in [4.69, 9.17) is 6.42 Å². The molecule has 1 aliphatic rings. The maximum absolute atomic E-state index is 12.2. The van der Waals surface area contributed by atoms with Crippen LogP contribution in [0.3, 0.4) is 0 Å². The first-order chi connectivity index (χ1) is 6.45. The molecule has 1 nitrogen and oxygen atoms in total. The second kappa shape index (κ2) is 3.79. The van der Waals surface area contributed by atoms with Gasteiger partial charge in [-0.1, -0.05) is 18.1 Å². The zero-order valence-corrected chi connectivity index (χ0v) is 7.60. The minimum Gasteiger partial charge on any atom is -0.377 e. The lowest BCUT2D eigenvalue weighted by atomic mass is 9.99. The number of alkyl halides is 3. The van der Waals surface area contributed by atoms with E-state index in [2.05, 4.69) is 11.2 Å². The Morgan fingerprint density at radius 3 is 2.57 bits per heavy atom. The van der Waals surface area contributed by atoms with E-state index in [1.807, 2.05) is 0 Å². The van der Waals surface area contributed by atoms with Gasteiger partial charge in [-0.3, -0.25) is 0 Å². The summed E-state index contributed by atoms with van der Waals surface area (Å²) in [5.74, 6) is 2.27. The number of hydrogen-bond donors (Lipinski definition) is 1. The molecule has 4 heteroatoms. The highest BCUT2D eigenvalue weighted by Gasteiger charge is 2.38. The van der Waals surface area contributed by atoms with Gasteiger partial charge in [0.2, 0.25) is 0 Å². The summed E-state index contributed by atoms with van der Waals surface area (Å²) in [6.45, 7) is 1.76. The minimum atomic E-state index is -4.25. The predicted octanol–water partition coefficient (Wildman–Crippen LogP) is 2.23. The first-order valence-electron chi connectivity index (χ1n) is 4.12. The van der Waals surface area contributed by atoms with Gasteiger partial charge in [0, 0.05) is 12.1 Å². The molecular weight excluding hydrogens is 191 g/mol. The average molecular weight is 201 g/mol. The van der Waals surface area contributed by atoms with Crippen molar-refractivity contribution in [1.29, 1.82) is 0 Å². The third-order valence-electron chi connectivity index (χ3n) is 2.01. The summed E-state index contributed by atoms with van der Waals surface area (Å²) >= 11 is 0. The number of rotatable bonds is 1. The molecule has 0 aliphatic carbocycles. The summed E-state index contributed by atoms with van der Waals surface area (Å²) in [6.07, 6.45) is 4.71. The first kappa shape index (κ1) is 10.7. The molecule has 0 radical (unpaired) electrons. The van der Waals surface area contributed by atoms with Gasteiger partial charge in [0.1, 0.15) is 6.04 Å². The quantitative estimate of drug-likeness (QED) is 0.641. The van der Waals surface area contributed by atoms with Crippen molar-refractivity contribution in [3.63, 3.8) is 0 Å². The average Bonchev–Trinajstić information content (AvgIpc) is 2.15. The van der Waals surface area contributed by atoms with E-state index in [-0.39, 0.29) is 5.92 Å². The van der Waals surface area contributed by atoms with Gasteiger partial charge in [-0.05, 0) is 12.5 Å². The van der Waals surface area contributed by atoms with Crippen LogP contribution in [0.2, 0.25) is 0 Å². The molecule has 0 aromatic carbocycles. The van der Waals surface area contributed by atoms with Crippen LogP contribution < -0.4 is 5.32 Å². The Bertz CT molecular complexity index is 306. The molecule has 1 aliphatic heterocycles. The SMILES string of the molecule is C#C[C@@H](C)C1=CNC(C(F)(F)F)C=C1. The Balaban J connectivity index is 2.68. The van der Waals surface area contributed by atoms with E-state index in [0.717, 1.165) is 6.08 Å². The standard InChI is InChI=1S/C10H10F3N/c1-3-7(2)8-4-5-9(14-6-8)10(11,12)13/h1,4-7,9,14H,2H3/t7-,9?/m1/s1. The highest BCUT2D eigenvalue weighted by Crippen LogP contribution is 2.24. The third-order valence-corrected chi connectivity index (χ3v) is 2.01. The van der Waals surface area contributed by atoms with E-state index < -0.39 is 12.2 Å². The Labute approximate surface area is 80.7 Å². The van der Waals surface area contributed by atoms with Crippen LogP contribution in [-0.4, -0.2) is 12.2 Å². The summed E-state index contributed by atoms with van der Waals surface area (Å²) in [5.41, 5.74) is 0.688. The summed E-state index contributed by atoms with van der Waals surface area (Å²) < 4.78 is 36.5. The Kier molecular flexibility index (Phi) is 2.90. The van der Waals surface area contributed by atoms with Gasteiger partial charge in [-0.15, -0.1) is 6.42 Å². The predicted molar refractivity (Wildman–Crippen MR) is 48.2 cm³/mol. The first-order valence-corrected chi connectivity index (χ1v) is 4.12. The normalized spacial score (nSPS) is 23.4. The molecule has 0 saturated heterocycles. The lowest BCUT2D eigenvalue weighted by molar-refractivity contribution is -0.142. The molecule has 76 valence electrons. The van der Waals surface area contributed by atoms with Crippen LogP contribution in [0.1, 0.15) is 6.92 Å². The van der Waals surface area contributed by atoms with Crippen molar-refractivity contribution in [2.45, 2.75) is 19.1 Å². The second-order valence-electron chi connectivity index (χ2n) is 3.08. The Morgan fingerprint density at radius 2 is 2.21 bits per heavy atom. The Hall–Kier alpha value is -1.37. The maximum atomic E-state index is 12.2. The van der Waals surface area contributed by atoms with E-state index in [1.54, 1.807) is 6.92 Å². The molecule has 14 heavy (non-hydrogen) atoms. The molecule has 0 aromatic heterocycles. The van der Waals surface area contributed by atoms with Gasteiger partial charge in [0.15, 0.2) is 0 Å². The molecule has 0 bridgehead atoms. The van der Waals surface area contributed by atoms with Crippen LogP contribution in [0.15, 0.2) is 23.9 Å². The van der Waals surface area contributed by atoms with Crippen molar-refractivity contribution < 1.29 is 13.2 Å². The van der Waals surface area contributed by atoms with Gasteiger partial charge in [-0.25, -0.2) is 0 Å². The number of terminal acetylenes is 1. The monoisotopic (exact) mass is 201 g/mol. The molecular formula is C10H10F3N. The van der Waals surface area contributed by atoms with Crippen molar-refractivity contribution >= 4 is 0 Å². The number of nitrogens with one attached hydrogen (secondary N) is 1. The third kappa shape index (κ3) is 2.32. The summed E-state index contributed by atoms with van der Waals surface area (Å²) in [5, 5.41) is 2.25. The summed E-state index contributed by atoms with van der Waals surface area (Å²) in [4.78, 5) is 0. The molecule has 2 atom stereocenters. The molecule has 1 N–H and O–H groups in total. The van der Waals surface area contributed by atoms with Gasteiger partial charge in [0.05, 0.1) is 0 Å². The van der Waals surface area contributed by atoms with Gasteiger partial charge < -0.3 is 5.32 Å². The minimum absolute atomic E-state index is 0.173. The van der Waals surface area contributed by atoms with Crippen molar-refractivity contribution in [3.8, 4) is 12.3 Å². The number of halogens is 3. The van der Waals surface area contributed by atoms with E-state index >= 15 is 0 Å². The molecule has 0 aromatic rings. The van der Waals surface area contributed by atoms with Crippen molar-refractivity contribution in [3.05, 3.63) is 23.9 Å². The fourth-order valence-corrected chi connectivity index (χ4v) is 1.07. The molecule has 0 saturated carbocycles. The smallest absolute Gasteiger partial charge is 0.377 e. The fraction of sp³-hybridized carbons (Fsp3) is 0.400. The zero-order chi connectivity index (χ0) is 10.8. The van der Waals surface area contributed by atoms with Crippen LogP contribution in [0.5, 0.6) is 0 Å². The molecule has 0 spiro atoms. The van der Waals surface area contributed by atoms with Gasteiger partial charge in [0.25, 0.3) is 0 Å². The largest absolute Gasteiger partial charge is 0.412 e. The van der Waals surface area contributed by atoms with Crippen LogP contribution in [-0.2, 0) is 0 Å². The molecule has 1 rings (SSSR count). The topological polar surface area (TPSA) is 12.0 Å². The van der Waals surface area contributed by atoms with E-state index in [9.17, 15) is 13.2 Å². The van der Waals surface area contributed by atoms with E-state index in [1.165, 1.54) is 12.3 Å². The highest BCUT2D eigenvalue weighted by molar-refractivity contribution is 5.31. The van der Waals surface area contributed by atoms with Gasteiger partial charge >= 0.3 is 6.18 Å². The van der Waals surface area contributed by atoms with E-state index in [0.29, 0.717) is 5.57 Å². The number of hydrogen-bond acceptors (Lipinski definition) is 1. The van der Waals surface area contributed by atoms with Crippen LogP contribution >= 0.6 is 0 Å². The maximum Gasteiger partial charge on any atom is 0.412 e. The van der Waals surface area contributed by atoms with Crippen LogP contribution in [0.25, 0.3) is 0 Å². The number of dihydropyridines is 1. The van der Waals surface area contributed by atoms with Crippen molar-refractivity contribution in [1.82, 2.24) is 5.32 Å². The number of allylic oxidation sites excluding steroid dienone is 2. The summed E-state index contributed by atoms with van der Waals surface area (Å²) in [6, 6.07) is -1.60. The molecule has 0 amide bonds. The van der Waals surface area contributed by atoms with Crippen molar-refractivity contribution in [2.75, 3.05) is 0 Å². The van der Waals surface area contributed by atoms with Crippen molar-refractivity contribution in [2.24, 2.45) is 5.92 Å². The lowest BCUT2D eigenvalue weighted by Crippen LogP contribution is -2.39.